The van der Waals surface area contributed by atoms with Crippen LogP contribution in [0.3, 0.4) is 0 Å². The van der Waals surface area contributed by atoms with Crippen molar-refractivity contribution >= 4 is 12.2 Å². The van der Waals surface area contributed by atoms with Gasteiger partial charge in [-0.05, 0) is 30.7 Å². The Morgan fingerprint density at radius 3 is 2.81 bits per heavy atom. The zero-order valence-electron chi connectivity index (χ0n) is 12.2. The predicted molar refractivity (Wildman–Crippen MR) is 77.8 cm³/mol. The first kappa shape index (κ1) is 14.8. The monoisotopic (exact) mass is 287 g/mol. The molecule has 0 bridgehead atoms. The molecule has 0 radical (unpaired) electrons. The lowest BCUT2D eigenvalue weighted by atomic mass is 10.1. The second-order valence-corrected chi connectivity index (χ2v) is 4.55. The highest BCUT2D eigenvalue weighted by atomic mass is 16.5. The van der Waals surface area contributed by atoms with Crippen molar-refractivity contribution in [1.29, 1.82) is 0 Å². The minimum absolute atomic E-state index is 0.196. The first-order valence-electron chi connectivity index (χ1n) is 6.51. The molecule has 1 heterocycles. The molecule has 0 saturated carbocycles. The van der Waals surface area contributed by atoms with Gasteiger partial charge in [-0.15, -0.1) is 0 Å². The maximum Gasteiger partial charge on any atom is 0.271 e. The van der Waals surface area contributed by atoms with Crippen molar-refractivity contribution in [3.8, 4) is 5.75 Å². The first-order chi connectivity index (χ1) is 10.1. The third-order valence-electron chi connectivity index (χ3n) is 3.29. The van der Waals surface area contributed by atoms with Crippen LogP contribution in [0, 0.1) is 0 Å². The summed E-state index contributed by atoms with van der Waals surface area (Å²) in [6, 6.07) is 8.79. The molecule has 21 heavy (non-hydrogen) atoms. The van der Waals surface area contributed by atoms with E-state index in [1.54, 1.807) is 7.11 Å². The minimum Gasteiger partial charge on any atom is -0.497 e. The molecule has 1 aromatic carbocycles. The summed E-state index contributed by atoms with van der Waals surface area (Å²) < 4.78 is 6.73. The highest BCUT2D eigenvalue weighted by molar-refractivity contribution is 5.93. The first-order valence-corrected chi connectivity index (χ1v) is 6.51. The zero-order chi connectivity index (χ0) is 15.4. The van der Waals surface area contributed by atoms with Gasteiger partial charge in [0.1, 0.15) is 11.4 Å². The van der Waals surface area contributed by atoms with Crippen LogP contribution in [0.2, 0.25) is 0 Å². The number of carbonyl (C=O) groups excluding carboxylic acids is 2. The summed E-state index contributed by atoms with van der Waals surface area (Å²) >= 11 is 0. The smallest absolute Gasteiger partial charge is 0.271 e. The summed E-state index contributed by atoms with van der Waals surface area (Å²) in [5.74, 6) is 0.403. The van der Waals surface area contributed by atoms with Crippen LogP contribution in [0.5, 0.6) is 5.75 Å². The van der Waals surface area contributed by atoms with Crippen LogP contribution in [0.25, 0.3) is 0 Å². The lowest BCUT2D eigenvalue weighted by Crippen LogP contribution is -2.19. The topological polar surface area (TPSA) is 73.2 Å². The highest BCUT2D eigenvalue weighted by Crippen LogP contribution is 2.23. The number of hydrogen-bond acceptors (Lipinski definition) is 4. The molecule has 1 unspecified atom stereocenters. The van der Waals surface area contributed by atoms with Crippen LogP contribution >= 0.6 is 0 Å². The summed E-state index contributed by atoms with van der Waals surface area (Å²) in [5, 5.41) is 6.71. The standard InChI is InChI=1S/C15H17N3O3/c1-10(11-5-4-6-13(7-11)21-3)18-12(9-19)8-14(17-18)15(20)16-2/h4-10H,1-3H3,(H,16,20). The second kappa shape index (κ2) is 6.21. The molecule has 0 spiro atoms. The zero-order valence-corrected chi connectivity index (χ0v) is 12.2. The number of benzene rings is 1. The third-order valence-corrected chi connectivity index (χ3v) is 3.29. The number of aldehydes is 1. The quantitative estimate of drug-likeness (QED) is 0.849. The van der Waals surface area contributed by atoms with Gasteiger partial charge in [0.05, 0.1) is 13.2 Å². The van der Waals surface area contributed by atoms with Crippen molar-refractivity contribution < 1.29 is 14.3 Å². The Bertz CT molecular complexity index is 664. The Labute approximate surface area is 122 Å². The number of amides is 1. The Hall–Kier alpha value is -2.63. The fourth-order valence-electron chi connectivity index (χ4n) is 2.09. The van der Waals surface area contributed by atoms with Gasteiger partial charge >= 0.3 is 0 Å². The number of ether oxygens (including phenoxy) is 1. The maximum absolute atomic E-state index is 11.6. The van der Waals surface area contributed by atoms with Gasteiger partial charge in [-0.1, -0.05) is 12.1 Å². The highest BCUT2D eigenvalue weighted by Gasteiger charge is 2.18. The average Bonchev–Trinajstić information content (AvgIpc) is 2.97. The third kappa shape index (κ3) is 2.94. The molecule has 0 fully saturated rings. The molecule has 1 amide bonds. The molecule has 2 rings (SSSR count). The van der Waals surface area contributed by atoms with E-state index >= 15 is 0 Å². The minimum atomic E-state index is -0.324. The van der Waals surface area contributed by atoms with Crippen molar-refractivity contribution in [2.45, 2.75) is 13.0 Å². The lowest BCUT2D eigenvalue weighted by Gasteiger charge is -2.15. The molecule has 6 nitrogen and oxygen atoms in total. The molecular weight excluding hydrogens is 270 g/mol. The van der Waals surface area contributed by atoms with Crippen molar-refractivity contribution in [3.05, 3.63) is 47.3 Å². The van der Waals surface area contributed by atoms with E-state index in [4.69, 9.17) is 4.74 Å². The van der Waals surface area contributed by atoms with E-state index in [9.17, 15) is 9.59 Å². The molecule has 0 aliphatic carbocycles. The predicted octanol–water partition coefficient (Wildman–Crippen LogP) is 1.67. The van der Waals surface area contributed by atoms with E-state index in [2.05, 4.69) is 10.4 Å². The van der Waals surface area contributed by atoms with Gasteiger partial charge in [0, 0.05) is 7.05 Å². The molecule has 110 valence electrons. The van der Waals surface area contributed by atoms with E-state index in [1.165, 1.54) is 17.8 Å². The van der Waals surface area contributed by atoms with Gasteiger partial charge in [-0.25, -0.2) is 0 Å². The van der Waals surface area contributed by atoms with Crippen molar-refractivity contribution in [1.82, 2.24) is 15.1 Å². The number of rotatable bonds is 5. The molecule has 0 saturated heterocycles. The summed E-state index contributed by atoms with van der Waals surface area (Å²) in [7, 11) is 3.12. The Kier molecular flexibility index (Phi) is 4.37. The van der Waals surface area contributed by atoms with Gasteiger partial charge in [-0.3, -0.25) is 14.3 Å². The Balaban J connectivity index is 2.41. The van der Waals surface area contributed by atoms with E-state index < -0.39 is 0 Å². The maximum atomic E-state index is 11.6. The van der Waals surface area contributed by atoms with Gasteiger partial charge in [0.15, 0.2) is 12.0 Å². The number of aromatic nitrogens is 2. The van der Waals surface area contributed by atoms with E-state index in [-0.39, 0.29) is 17.6 Å². The number of methoxy groups -OCH3 is 1. The number of nitrogens with zero attached hydrogens (tertiary/aromatic N) is 2. The number of hydrogen-bond donors (Lipinski definition) is 1. The molecule has 6 heteroatoms. The largest absolute Gasteiger partial charge is 0.497 e. The van der Waals surface area contributed by atoms with E-state index in [0.29, 0.717) is 12.0 Å². The molecule has 1 atom stereocenters. The van der Waals surface area contributed by atoms with Gasteiger partial charge in [-0.2, -0.15) is 5.10 Å². The van der Waals surface area contributed by atoms with Crippen molar-refractivity contribution in [3.63, 3.8) is 0 Å². The summed E-state index contributed by atoms with van der Waals surface area (Å²) in [5.41, 5.74) is 1.50. The number of nitrogens with one attached hydrogen (secondary N) is 1. The van der Waals surface area contributed by atoms with Crippen LogP contribution < -0.4 is 10.1 Å². The van der Waals surface area contributed by atoms with Crippen LogP contribution in [-0.2, 0) is 0 Å². The molecule has 1 aromatic heterocycles. The molecule has 1 N–H and O–H groups in total. The Morgan fingerprint density at radius 1 is 1.43 bits per heavy atom. The van der Waals surface area contributed by atoms with E-state index in [0.717, 1.165) is 11.3 Å². The van der Waals surface area contributed by atoms with E-state index in [1.807, 2.05) is 31.2 Å². The van der Waals surface area contributed by atoms with Gasteiger partial charge < -0.3 is 10.1 Å². The summed E-state index contributed by atoms with van der Waals surface area (Å²) in [6.07, 6.45) is 0.691. The second-order valence-electron chi connectivity index (χ2n) is 4.55. The molecular formula is C15H17N3O3. The van der Waals surface area contributed by atoms with Crippen LogP contribution in [0.15, 0.2) is 30.3 Å². The van der Waals surface area contributed by atoms with Crippen LogP contribution in [-0.4, -0.2) is 36.1 Å². The van der Waals surface area contributed by atoms with Gasteiger partial charge in [0.2, 0.25) is 0 Å². The van der Waals surface area contributed by atoms with Crippen LogP contribution in [0.1, 0.15) is 39.5 Å². The van der Waals surface area contributed by atoms with Gasteiger partial charge in [0.25, 0.3) is 5.91 Å². The fraction of sp³-hybridized carbons (Fsp3) is 0.267. The molecule has 2 aromatic rings. The molecule has 0 aliphatic rings. The summed E-state index contributed by atoms with van der Waals surface area (Å²) in [6.45, 7) is 1.91. The normalized spacial score (nSPS) is 11.8. The average molecular weight is 287 g/mol. The SMILES string of the molecule is CNC(=O)c1cc(C=O)n(C(C)c2cccc(OC)c2)n1. The van der Waals surface area contributed by atoms with Crippen molar-refractivity contribution in [2.75, 3.05) is 14.2 Å². The van der Waals surface area contributed by atoms with Crippen LogP contribution in [0.4, 0.5) is 0 Å². The number of carbonyl (C=O) groups is 2. The fourth-order valence-corrected chi connectivity index (χ4v) is 2.09. The summed E-state index contributed by atoms with van der Waals surface area (Å²) in [4.78, 5) is 22.8. The molecule has 0 aliphatic heterocycles. The van der Waals surface area contributed by atoms with Crippen molar-refractivity contribution in [2.24, 2.45) is 0 Å². The Morgan fingerprint density at radius 2 is 2.19 bits per heavy atom. The lowest BCUT2D eigenvalue weighted by molar-refractivity contribution is 0.0957.